The van der Waals surface area contributed by atoms with Crippen molar-refractivity contribution in [3.05, 3.63) is 0 Å². The van der Waals surface area contributed by atoms with Crippen molar-refractivity contribution in [1.82, 2.24) is 24.6 Å². The summed E-state index contributed by atoms with van der Waals surface area (Å²) in [6, 6.07) is 0.609. The minimum absolute atomic E-state index is 0.127. The number of anilines is 1. The highest BCUT2D eigenvalue weighted by Gasteiger charge is 2.35. The van der Waals surface area contributed by atoms with Gasteiger partial charge in [-0.3, -0.25) is 14.3 Å². The van der Waals surface area contributed by atoms with E-state index in [4.69, 9.17) is 0 Å². The molecule has 1 aliphatic carbocycles. The number of carbonyl (C=O) groups is 1. The van der Waals surface area contributed by atoms with Crippen LogP contribution in [0.5, 0.6) is 0 Å². The summed E-state index contributed by atoms with van der Waals surface area (Å²) in [6.45, 7) is 4.94. The maximum absolute atomic E-state index is 12.8. The molecule has 4 aliphatic rings. The fourth-order valence-corrected chi connectivity index (χ4v) is 7.61. The third kappa shape index (κ3) is 4.88. The molecule has 5 rings (SSSR count). The Hall–Kier alpha value is -1.33. The van der Waals surface area contributed by atoms with Crippen LogP contribution in [0.3, 0.4) is 0 Å². The number of nitrogens with zero attached hydrogens (tertiary/aromatic N) is 6. The molecule has 0 aromatic carbocycles. The van der Waals surface area contributed by atoms with Crippen molar-refractivity contribution in [2.75, 3.05) is 61.4 Å². The van der Waals surface area contributed by atoms with Gasteiger partial charge in [0.15, 0.2) is 15.0 Å². The molecule has 9 nitrogen and oxygen atoms in total. The van der Waals surface area contributed by atoms with Crippen LogP contribution < -0.4 is 4.90 Å². The van der Waals surface area contributed by atoms with Crippen molar-refractivity contribution >= 4 is 33.5 Å². The maximum Gasteiger partial charge on any atom is 0.233 e. The smallest absolute Gasteiger partial charge is 0.233 e. The van der Waals surface area contributed by atoms with Gasteiger partial charge in [-0.1, -0.05) is 11.8 Å². The van der Waals surface area contributed by atoms with E-state index in [1.807, 2.05) is 4.90 Å². The number of amides is 1. The quantitative estimate of drug-likeness (QED) is 0.572. The Morgan fingerprint density at radius 3 is 2.32 bits per heavy atom. The molecule has 1 atom stereocenters. The lowest BCUT2D eigenvalue weighted by molar-refractivity contribution is -0.130. The van der Waals surface area contributed by atoms with Crippen LogP contribution >= 0.6 is 11.8 Å². The Bertz CT molecular complexity index is 902. The van der Waals surface area contributed by atoms with Crippen LogP contribution in [-0.4, -0.2) is 101 Å². The number of piperidine rings is 1. The summed E-state index contributed by atoms with van der Waals surface area (Å²) in [5.41, 5.74) is 0. The van der Waals surface area contributed by atoms with Crippen molar-refractivity contribution in [2.24, 2.45) is 0 Å². The van der Waals surface area contributed by atoms with Crippen LogP contribution in [0.15, 0.2) is 5.16 Å². The van der Waals surface area contributed by atoms with E-state index in [9.17, 15) is 13.2 Å². The van der Waals surface area contributed by atoms with Crippen LogP contribution in [0.2, 0.25) is 0 Å². The molecule has 0 spiro atoms. The lowest BCUT2D eigenvalue weighted by Crippen LogP contribution is -2.52. The molecule has 3 saturated heterocycles. The number of hydrogen-bond acceptors (Lipinski definition) is 8. The van der Waals surface area contributed by atoms with E-state index >= 15 is 0 Å². The summed E-state index contributed by atoms with van der Waals surface area (Å²) in [4.78, 5) is 19.3. The number of thioether (sulfide) groups is 1. The van der Waals surface area contributed by atoms with Crippen LogP contribution in [0, 0.1) is 0 Å². The van der Waals surface area contributed by atoms with E-state index in [1.54, 1.807) is 0 Å². The predicted octanol–water partition coefficient (Wildman–Crippen LogP) is 1.03. The van der Waals surface area contributed by atoms with Gasteiger partial charge in [-0.05, 0) is 38.5 Å². The second-order valence-electron chi connectivity index (χ2n) is 9.19. The zero-order valence-electron chi connectivity index (χ0n) is 18.0. The zero-order valence-corrected chi connectivity index (χ0v) is 19.6. The second kappa shape index (κ2) is 8.90. The molecule has 0 radical (unpaired) electrons. The van der Waals surface area contributed by atoms with E-state index in [0.717, 1.165) is 43.7 Å². The molecule has 1 saturated carbocycles. The Balaban J connectivity index is 1.15. The Morgan fingerprint density at radius 1 is 0.935 bits per heavy atom. The largest absolute Gasteiger partial charge is 0.341 e. The highest BCUT2D eigenvalue weighted by Crippen LogP contribution is 2.41. The van der Waals surface area contributed by atoms with Crippen molar-refractivity contribution in [3.63, 3.8) is 0 Å². The summed E-state index contributed by atoms with van der Waals surface area (Å²) in [7, 11) is -2.87. The average Bonchev–Trinajstić information content (AvgIpc) is 3.43. The van der Waals surface area contributed by atoms with E-state index in [0.29, 0.717) is 30.6 Å². The number of piperazine rings is 1. The number of hydrogen-bond donors (Lipinski definition) is 0. The van der Waals surface area contributed by atoms with Crippen molar-refractivity contribution in [1.29, 1.82) is 0 Å². The lowest BCUT2D eigenvalue weighted by atomic mass is 10.1. The van der Waals surface area contributed by atoms with Gasteiger partial charge < -0.3 is 9.80 Å². The molecule has 1 aromatic heterocycles. The van der Waals surface area contributed by atoms with Crippen molar-refractivity contribution in [2.45, 2.75) is 55.8 Å². The first-order valence-corrected chi connectivity index (χ1v) is 14.4. The Kier molecular flexibility index (Phi) is 6.17. The number of aromatic nitrogens is 3. The van der Waals surface area contributed by atoms with Gasteiger partial charge in [0.05, 0.1) is 17.3 Å². The molecule has 11 heteroatoms. The first kappa shape index (κ1) is 21.5. The number of rotatable bonds is 6. The maximum atomic E-state index is 12.8. The topological polar surface area (TPSA) is 91.6 Å². The van der Waals surface area contributed by atoms with Gasteiger partial charge in [-0.25, -0.2) is 8.42 Å². The van der Waals surface area contributed by atoms with Gasteiger partial charge >= 0.3 is 0 Å². The highest BCUT2D eigenvalue weighted by molar-refractivity contribution is 7.99. The summed E-state index contributed by atoms with van der Waals surface area (Å²) in [6.07, 6.45) is 6.75. The molecular weight excluding hydrogens is 436 g/mol. The lowest BCUT2D eigenvalue weighted by Gasteiger charge is -2.37. The molecule has 1 aromatic rings. The Morgan fingerprint density at radius 2 is 1.68 bits per heavy atom. The van der Waals surface area contributed by atoms with Gasteiger partial charge in [-0.15, -0.1) is 10.2 Å². The fraction of sp³-hybridized carbons (Fsp3) is 0.850. The third-order valence-corrected chi connectivity index (χ3v) is 9.59. The number of carbonyl (C=O) groups excluding carboxylic acids is 1. The predicted molar refractivity (Wildman–Crippen MR) is 120 cm³/mol. The van der Waals surface area contributed by atoms with Gasteiger partial charge in [0, 0.05) is 51.4 Å². The average molecular weight is 469 g/mol. The molecule has 172 valence electrons. The van der Waals surface area contributed by atoms with E-state index in [-0.39, 0.29) is 17.7 Å². The van der Waals surface area contributed by atoms with Crippen LogP contribution in [0.25, 0.3) is 0 Å². The molecule has 4 heterocycles. The molecule has 1 amide bonds. The standard InChI is InChI=1S/C20H32N6O3S2/c27-18(24-11-9-23(10-12-24)17-6-13-31(28,29)15-17)14-30-20-22-21-19(26(20)16-4-5-16)25-7-2-1-3-8-25/h16-17H,1-15H2/t17-/m1/s1. The first-order chi connectivity index (χ1) is 15.0. The molecule has 31 heavy (non-hydrogen) atoms. The highest BCUT2D eigenvalue weighted by atomic mass is 32.2. The van der Waals surface area contributed by atoms with Crippen LogP contribution in [-0.2, 0) is 14.6 Å². The molecule has 0 N–H and O–H groups in total. The summed E-state index contributed by atoms with van der Waals surface area (Å²) >= 11 is 1.51. The van der Waals surface area contributed by atoms with Crippen molar-refractivity contribution < 1.29 is 13.2 Å². The molecule has 0 bridgehead atoms. The number of sulfone groups is 1. The molecular formula is C20H32N6O3S2. The van der Waals surface area contributed by atoms with Gasteiger partial charge in [0.2, 0.25) is 11.9 Å². The summed E-state index contributed by atoms with van der Waals surface area (Å²) < 4.78 is 25.8. The summed E-state index contributed by atoms with van der Waals surface area (Å²) in [5.74, 6) is 2.07. The van der Waals surface area contributed by atoms with E-state index in [1.165, 1.54) is 43.9 Å². The first-order valence-electron chi connectivity index (χ1n) is 11.5. The molecule has 4 fully saturated rings. The fourth-order valence-electron chi connectivity index (χ4n) is 4.95. The molecule has 0 unspecified atom stereocenters. The zero-order chi connectivity index (χ0) is 21.4. The minimum atomic E-state index is -2.87. The SMILES string of the molecule is O=C(CSc1nnc(N2CCCCC2)n1C1CC1)N1CCN([C@@H]2CCS(=O)(=O)C2)CC1. The Labute approximate surface area is 188 Å². The third-order valence-electron chi connectivity index (χ3n) is 6.91. The minimum Gasteiger partial charge on any atom is -0.341 e. The van der Waals surface area contributed by atoms with E-state index in [2.05, 4.69) is 24.6 Å². The second-order valence-corrected chi connectivity index (χ2v) is 12.4. The van der Waals surface area contributed by atoms with E-state index < -0.39 is 9.84 Å². The van der Waals surface area contributed by atoms with Crippen LogP contribution in [0.1, 0.15) is 44.6 Å². The van der Waals surface area contributed by atoms with Gasteiger partial charge in [0.1, 0.15) is 0 Å². The van der Waals surface area contributed by atoms with Gasteiger partial charge in [-0.2, -0.15) is 0 Å². The van der Waals surface area contributed by atoms with Crippen molar-refractivity contribution in [3.8, 4) is 0 Å². The van der Waals surface area contributed by atoms with Gasteiger partial charge in [0.25, 0.3) is 0 Å². The normalized spacial score (nSPS) is 27.0. The monoisotopic (exact) mass is 468 g/mol. The van der Waals surface area contributed by atoms with Crippen LogP contribution in [0.4, 0.5) is 5.95 Å². The molecule has 3 aliphatic heterocycles. The summed E-state index contributed by atoms with van der Waals surface area (Å²) in [5, 5.41) is 9.81.